The Morgan fingerprint density at radius 2 is 1.94 bits per heavy atom. The van der Waals surface area contributed by atoms with Crippen LogP contribution in [0.3, 0.4) is 0 Å². The smallest absolute Gasteiger partial charge is 0.416 e. The largest absolute Gasteiger partial charge is 0.481 e. The fourth-order valence-corrected chi connectivity index (χ4v) is 1.35. The zero-order valence-electron chi connectivity index (χ0n) is 9.49. The Morgan fingerprint density at radius 1 is 1.33 bits per heavy atom. The second-order valence-electron chi connectivity index (χ2n) is 3.95. The summed E-state index contributed by atoms with van der Waals surface area (Å²) >= 11 is 0. The molecular formula is C12H11F3O3. The van der Waals surface area contributed by atoms with Crippen LogP contribution in [0.15, 0.2) is 24.3 Å². The number of hydrogen-bond acceptors (Lipinski definition) is 2. The van der Waals surface area contributed by atoms with Crippen molar-refractivity contribution in [2.75, 3.05) is 0 Å². The Balaban J connectivity index is 2.91. The second-order valence-corrected chi connectivity index (χ2v) is 3.95. The van der Waals surface area contributed by atoms with Gasteiger partial charge >= 0.3 is 12.1 Å². The molecule has 0 aromatic heterocycles. The van der Waals surface area contributed by atoms with Crippen LogP contribution in [-0.2, 0) is 11.0 Å². The van der Waals surface area contributed by atoms with E-state index in [4.69, 9.17) is 5.11 Å². The van der Waals surface area contributed by atoms with Gasteiger partial charge in [0, 0.05) is 12.0 Å². The quantitative estimate of drug-likeness (QED) is 0.846. The molecule has 1 aromatic rings. The van der Waals surface area contributed by atoms with Crippen molar-refractivity contribution in [1.82, 2.24) is 0 Å². The molecule has 1 atom stereocenters. The Labute approximate surface area is 101 Å². The summed E-state index contributed by atoms with van der Waals surface area (Å²) < 4.78 is 37.2. The molecule has 98 valence electrons. The van der Waals surface area contributed by atoms with Crippen molar-refractivity contribution in [3.63, 3.8) is 0 Å². The SMILES string of the molecule is C[C@H](CC(=O)c1cccc(C(F)(F)F)c1)C(=O)O. The molecule has 0 heterocycles. The molecule has 0 aliphatic carbocycles. The number of carboxylic acid groups (broad SMARTS) is 1. The molecule has 0 amide bonds. The molecule has 6 heteroatoms. The van der Waals surface area contributed by atoms with E-state index in [0.29, 0.717) is 0 Å². The van der Waals surface area contributed by atoms with Gasteiger partial charge in [0.25, 0.3) is 0 Å². The number of aliphatic carboxylic acids is 1. The molecule has 1 aromatic carbocycles. The van der Waals surface area contributed by atoms with Crippen LogP contribution in [0.5, 0.6) is 0 Å². The minimum atomic E-state index is -4.52. The van der Waals surface area contributed by atoms with E-state index >= 15 is 0 Å². The van der Waals surface area contributed by atoms with E-state index in [1.807, 2.05) is 0 Å². The van der Waals surface area contributed by atoms with Gasteiger partial charge in [0.1, 0.15) is 0 Å². The van der Waals surface area contributed by atoms with Gasteiger partial charge in [0.15, 0.2) is 5.78 Å². The number of rotatable bonds is 4. The molecule has 1 rings (SSSR count). The zero-order chi connectivity index (χ0) is 13.9. The maximum Gasteiger partial charge on any atom is 0.416 e. The van der Waals surface area contributed by atoms with E-state index in [1.54, 1.807) is 0 Å². The minimum absolute atomic E-state index is 0.127. The highest BCUT2D eigenvalue weighted by Crippen LogP contribution is 2.29. The van der Waals surface area contributed by atoms with Crippen LogP contribution in [0.2, 0.25) is 0 Å². The van der Waals surface area contributed by atoms with Crippen LogP contribution in [0.25, 0.3) is 0 Å². The van der Waals surface area contributed by atoms with E-state index in [9.17, 15) is 22.8 Å². The van der Waals surface area contributed by atoms with Crippen molar-refractivity contribution in [3.8, 4) is 0 Å². The lowest BCUT2D eigenvalue weighted by atomic mass is 9.98. The van der Waals surface area contributed by atoms with Gasteiger partial charge in [0.05, 0.1) is 11.5 Å². The van der Waals surface area contributed by atoms with E-state index in [0.717, 1.165) is 18.2 Å². The number of Topliss-reactive ketones (excluding diaryl/α,β-unsaturated/α-hetero) is 1. The topological polar surface area (TPSA) is 54.4 Å². The lowest BCUT2D eigenvalue weighted by molar-refractivity contribution is -0.141. The molecule has 0 aliphatic heterocycles. The maximum atomic E-state index is 12.4. The monoisotopic (exact) mass is 260 g/mol. The van der Waals surface area contributed by atoms with Crippen LogP contribution in [0, 0.1) is 5.92 Å². The van der Waals surface area contributed by atoms with Crippen molar-refractivity contribution < 1.29 is 27.9 Å². The summed E-state index contributed by atoms with van der Waals surface area (Å²) in [6.45, 7) is 1.33. The lowest BCUT2D eigenvalue weighted by Crippen LogP contribution is -2.15. The molecule has 1 N–H and O–H groups in total. The van der Waals surface area contributed by atoms with Crippen molar-refractivity contribution >= 4 is 11.8 Å². The molecule has 0 spiro atoms. The summed E-state index contributed by atoms with van der Waals surface area (Å²) in [7, 11) is 0. The van der Waals surface area contributed by atoms with E-state index in [1.165, 1.54) is 13.0 Å². The van der Waals surface area contributed by atoms with Crippen molar-refractivity contribution in [3.05, 3.63) is 35.4 Å². The Bertz CT molecular complexity index is 466. The van der Waals surface area contributed by atoms with Gasteiger partial charge in [-0.3, -0.25) is 9.59 Å². The third-order valence-corrected chi connectivity index (χ3v) is 2.43. The molecule has 0 saturated heterocycles. The van der Waals surface area contributed by atoms with E-state index in [-0.39, 0.29) is 12.0 Å². The number of carbonyl (C=O) groups is 2. The van der Waals surface area contributed by atoms with Crippen LogP contribution >= 0.6 is 0 Å². The minimum Gasteiger partial charge on any atom is -0.481 e. The predicted molar refractivity (Wildman–Crippen MR) is 57.2 cm³/mol. The fraction of sp³-hybridized carbons (Fsp3) is 0.333. The van der Waals surface area contributed by atoms with Gasteiger partial charge in [-0.1, -0.05) is 19.1 Å². The highest BCUT2D eigenvalue weighted by Gasteiger charge is 2.31. The van der Waals surface area contributed by atoms with Crippen molar-refractivity contribution in [2.24, 2.45) is 5.92 Å². The van der Waals surface area contributed by atoms with E-state index in [2.05, 4.69) is 0 Å². The summed E-state index contributed by atoms with van der Waals surface area (Å²) in [5.41, 5.74) is -1.05. The number of carbonyl (C=O) groups excluding carboxylic acids is 1. The number of carboxylic acids is 1. The van der Waals surface area contributed by atoms with Crippen LogP contribution < -0.4 is 0 Å². The maximum absolute atomic E-state index is 12.4. The van der Waals surface area contributed by atoms with Gasteiger partial charge in [-0.05, 0) is 12.1 Å². The first kappa shape index (κ1) is 14.2. The molecule has 0 aliphatic rings. The number of halogens is 3. The third-order valence-electron chi connectivity index (χ3n) is 2.43. The number of hydrogen-bond donors (Lipinski definition) is 1. The highest BCUT2D eigenvalue weighted by atomic mass is 19.4. The molecule has 3 nitrogen and oxygen atoms in total. The number of benzene rings is 1. The molecule has 0 bridgehead atoms. The van der Waals surface area contributed by atoms with Gasteiger partial charge in [-0.2, -0.15) is 13.2 Å². The predicted octanol–water partition coefficient (Wildman–Crippen LogP) is 3.00. The van der Waals surface area contributed by atoms with Gasteiger partial charge in [-0.25, -0.2) is 0 Å². The standard InChI is InChI=1S/C12H11F3O3/c1-7(11(17)18)5-10(16)8-3-2-4-9(6-8)12(13,14)15/h2-4,6-7H,5H2,1H3,(H,17,18)/t7-/m1/s1. The molecule has 0 saturated carbocycles. The summed E-state index contributed by atoms with van der Waals surface area (Å²) in [5, 5.41) is 8.63. The van der Waals surface area contributed by atoms with Gasteiger partial charge in [-0.15, -0.1) is 0 Å². The molecular weight excluding hydrogens is 249 g/mol. The Hall–Kier alpha value is -1.85. The fourth-order valence-electron chi connectivity index (χ4n) is 1.35. The zero-order valence-corrected chi connectivity index (χ0v) is 9.49. The molecule has 0 unspecified atom stereocenters. The summed E-state index contributed by atoms with van der Waals surface area (Å²) in [6, 6.07) is 3.96. The Morgan fingerprint density at radius 3 is 2.44 bits per heavy atom. The third kappa shape index (κ3) is 3.58. The first-order valence-corrected chi connectivity index (χ1v) is 5.15. The lowest BCUT2D eigenvalue weighted by Gasteiger charge is -2.09. The average molecular weight is 260 g/mol. The number of alkyl halides is 3. The second kappa shape index (κ2) is 5.20. The molecule has 0 fully saturated rings. The summed E-state index contributed by atoms with van der Waals surface area (Å²) in [6.07, 6.45) is -4.84. The molecule has 0 radical (unpaired) electrons. The van der Waals surface area contributed by atoms with Crippen LogP contribution in [0.4, 0.5) is 13.2 Å². The summed E-state index contributed by atoms with van der Waals surface area (Å²) in [5.74, 6) is -2.70. The number of ketones is 1. The van der Waals surface area contributed by atoms with Gasteiger partial charge < -0.3 is 5.11 Å². The highest BCUT2D eigenvalue weighted by molar-refractivity contribution is 5.98. The Kier molecular flexibility index (Phi) is 4.11. The van der Waals surface area contributed by atoms with Crippen LogP contribution in [-0.4, -0.2) is 16.9 Å². The first-order valence-electron chi connectivity index (χ1n) is 5.15. The average Bonchev–Trinajstić information content (AvgIpc) is 2.27. The van der Waals surface area contributed by atoms with Crippen molar-refractivity contribution in [2.45, 2.75) is 19.5 Å². The van der Waals surface area contributed by atoms with Crippen LogP contribution in [0.1, 0.15) is 29.3 Å². The molecule has 18 heavy (non-hydrogen) atoms. The normalized spacial score (nSPS) is 13.1. The van der Waals surface area contributed by atoms with Gasteiger partial charge in [0.2, 0.25) is 0 Å². The van der Waals surface area contributed by atoms with Crippen molar-refractivity contribution in [1.29, 1.82) is 0 Å². The summed E-state index contributed by atoms with van der Waals surface area (Å²) in [4.78, 5) is 22.2. The first-order chi connectivity index (χ1) is 8.21. The van der Waals surface area contributed by atoms with E-state index < -0.39 is 29.4 Å².